The molecule has 1 unspecified atom stereocenters. The lowest BCUT2D eigenvalue weighted by molar-refractivity contribution is 0.197. The van der Waals surface area contributed by atoms with Crippen molar-refractivity contribution in [1.29, 1.82) is 0 Å². The van der Waals surface area contributed by atoms with E-state index < -0.39 is 0 Å². The molecule has 1 aromatic heterocycles. The summed E-state index contributed by atoms with van der Waals surface area (Å²) in [6.45, 7) is 6.10. The van der Waals surface area contributed by atoms with Gasteiger partial charge in [-0.15, -0.1) is 0 Å². The molecule has 1 rings (SSSR count). The van der Waals surface area contributed by atoms with Crippen LogP contribution in [0.1, 0.15) is 57.1 Å². The summed E-state index contributed by atoms with van der Waals surface area (Å²) in [7, 11) is 0. The number of hydrogen-bond acceptors (Lipinski definition) is 4. The molecular weight excluding hydrogens is 254 g/mol. The van der Waals surface area contributed by atoms with E-state index in [4.69, 9.17) is 15.7 Å². The molecule has 5 nitrogen and oxygen atoms in total. The minimum Gasteiger partial charge on any atom is -0.474 e. The molecule has 1 atom stereocenters. The lowest BCUT2D eigenvalue weighted by atomic mass is 10.1. The van der Waals surface area contributed by atoms with Gasteiger partial charge in [0.25, 0.3) is 0 Å². The molecule has 0 spiro atoms. The Hall–Kier alpha value is -1.78. The fraction of sp³-hybridized carbons (Fsp3) is 0.600. The number of aryl methyl sites for hydroxylation is 1. The predicted octanol–water partition coefficient (Wildman–Crippen LogP) is 3.22. The number of unbranched alkanes of at least 4 members (excludes halogenated alkanes) is 3. The van der Waals surface area contributed by atoms with Crippen molar-refractivity contribution < 1.29 is 9.94 Å². The van der Waals surface area contributed by atoms with Crippen LogP contribution in [-0.2, 0) is 0 Å². The number of nitrogens with two attached hydrogens (primary N) is 1. The first-order chi connectivity index (χ1) is 9.60. The van der Waals surface area contributed by atoms with Gasteiger partial charge in [-0.25, -0.2) is 4.98 Å². The summed E-state index contributed by atoms with van der Waals surface area (Å²) >= 11 is 0. The number of aromatic nitrogens is 1. The van der Waals surface area contributed by atoms with Crippen LogP contribution in [0.15, 0.2) is 17.4 Å². The quantitative estimate of drug-likeness (QED) is 0.252. The Balaban J connectivity index is 2.70. The number of amidine groups is 1. The van der Waals surface area contributed by atoms with Crippen LogP contribution in [0.3, 0.4) is 0 Å². The van der Waals surface area contributed by atoms with Gasteiger partial charge in [-0.3, -0.25) is 0 Å². The molecule has 0 aliphatic rings. The maximum atomic E-state index is 8.85. The average Bonchev–Trinajstić information content (AvgIpc) is 2.43. The second-order valence-corrected chi connectivity index (χ2v) is 5.07. The highest BCUT2D eigenvalue weighted by molar-refractivity contribution is 6.00. The average molecular weight is 279 g/mol. The van der Waals surface area contributed by atoms with Crippen LogP contribution in [0.4, 0.5) is 0 Å². The zero-order chi connectivity index (χ0) is 15.0. The number of ether oxygens (including phenoxy) is 1. The van der Waals surface area contributed by atoms with E-state index >= 15 is 0 Å². The molecule has 20 heavy (non-hydrogen) atoms. The zero-order valence-corrected chi connectivity index (χ0v) is 12.6. The molecule has 0 bridgehead atoms. The van der Waals surface area contributed by atoms with E-state index in [1.54, 1.807) is 6.20 Å². The molecule has 1 aromatic rings. The van der Waals surface area contributed by atoms with Gasteiger partial charge in [0.15, 0.2) is 5.84 Å². The van der Waals surface area contributed by atoms with Crippen LogP contribution in [0.2, 0.25) is 0 Å². The van der Waals surface area contributed by atoms with Gasteiger partial charge in [0, 0.05) is 6.20 Å². The Morgan fingerprint density at radius 3 is 2.85 bits per heavy atom. The number of pyridine rings is 1. The van der Waals surface area contributed by atoms with Gasteiger partial charge in [0.2, 0.25) is 5.88 Å². The second kappa shape index (κ2) is 8.40. The van der Waals surface area contributed by atoms with E-state index in [0.29, 0.717) is 11.4 Å². The minimum atomic E-state index is 0.0313. The van der Waals surface area contributed by atoms with Crippen LogP contribution in [0, 0.1) is 6.92 Å². The van der Waals surface area contributed by atoms with E-state index in [0.717, 1.165) is 18.4 Å². The minimum absolute atomic E-state index is 0.0313. The highest BCUT2D eigenvalue weighted by Crippen LogP contribution is 2.21. The molecule has 0 saturated carbocycles. The van der Waals surface area contributed by atoms with Crippen LogP contribution < -0.4 is 10.5 Å². The first kappa shape index (κ1) is 16.3. The summed E-state index contributed by atoms with van der Waals surface area (Å²) in [5, 5.41) is 11.9. The van der Waals surface area contributed by atoms with Crippen molar-refractivity contribution in [2.45, 2.75) is 59.0 Å². The third-order valence-corrected chi connectivity index (χ3v) is 3.27. The van der Waals surface area contributed by atoms with Gasteiger partial charge in [-0.05, 0) is 38.3 Å². The van der Waals surface area contributed by atoms with E-state index in [2.05, 4.69) is 17.1 Å². The normalized spacial score (nSPS) is 13.2. The fourth-order valence-electron chi connectivity index (χ4n) is 2.09. The van der Waals surface area contributed by atoms with Crippen LogP contribution in [0.5, 0.6) is 5.88 Å². The topological polar surface area (TPSA) is 80.7 Å². The first-order valence-corrected chi connectivity index (χ1v) is 7.20. The van der Waals surface area contributed by atoms with Crippen molar-refractivity contribution in [3.05, 3.63) is 23.4 Å². The molecule has 5 heteroatoms. The molecule has 0 aliphatic carbocycles. The fourth-order valence-corrected chi connectivity index (χ4v) is 2.09. The summed E-state index contributed by atoms with van der Waals surface area (Å²) in [5.41, 5.74) is 7.13. The van der Waals surface area contributed by atoms with Crippen LogP contribution in [-0.4, -0.2) is 22.1 Å². The van der Waals surface area contributed by atoms with Crippen molar-refractivity contribution in [2.24, 2.45) is 10.9 Å². The van der Waals surface area contributed by atoms with Crippen molar-refractivity contribution in [1.82, 2.24) is 4.98 Å². The van der Waals surface area contributed by atoms with E-state index in [9.17, 15) is 0 Å². The zero-order valence-electron chi connectivity index (χ0n) is 12.6. The van der Waals surface area contributed by atoms with Gasteiger partial charge in [-0.1, -0.05) is 31.3 Å². The van der Waals surface area contributed by atoms with E-state index in [-0.39, 0.29) is 11.9 Å². The highest BCUT2D eigenvalue weighted by atomic mass is 16.5. The van der Waals surface area contributed by atoms with Gasteiger partial charge >= 0.3 is 0 Å². The molecule has 0 aliphatic heterocycles. The molecule has 112 valence electrons. The van der Waals surface area contributed by atoms with Gasteiger partial charge in [0.05, 0.1) is 11.7 Å². The number of nitrogens with zero attached hydrogens (tertiary/aromatic N) is 2. The van der Waals surface area contributed by atoms with Crippen LogP contribution in [0.25, 0.3) is 0 Å². The lowest BCUT2D eigenvalue weighted by Crippen LogP contribution is -2.20. The first-order valence-electron chi connectivity index (χ1n) is 7.20. The lowest BCUT2D eigenvalue weighted by Gasteiger charge is -2.17. The third-order valence-electron chi connectivity index (χ3n) is 3.27. The number of rotatable bonds is 8. The summed E-state index contributed by atoms with van der Waals surface area (Å²) in [6.07, 6.45) is 7.55. The Morgan fingerprint density at radius 2 is 2.20 bits per heavy atom. The molecule has 0 saturated heterocycles. The molecule has 0 amide bonds. The van der Waals surface area contributed by atoms with Crippen molar-refractivity contribution >= 4 is 5.84 Å². The standard InChI is InChI=1S/C15H25N3O2/c1-4-5-6-7-8-12(3)20-15-13(14(16)18-19)11(2)9-10-17-15/h9-10,12,19H,4-8H2,1-3H3,(H2,16,18). The Morgan fingerprint density at radius 1 is 1.45 bits per heavy atom. The molecule has 0 fully saturated rings. The smallest absolute Gasteiger partial charge is 0.225 e. The monoisotopic (exact) mass is 279 g/mol. The molecule has 3 N–H and O–H groups in total. The van der Waals surface area contributed by atoms with Crippen LogP contribution >= 0.6 is 0 Å². The summed E-state index contributed by atoms with van der Waals surface area (Å²) in [6, 6.07) is 1.81. The SMILES string of the molecule is CCCCCCC(C)Oc1nccc(C)c1/C(N)=N/O. The predicted molar refractivity (Wildman–Crippen MR) is 80.3 cm³/mol. The number of oxime groups is 1. The summed E-state index contributed by atoms with van der Waals surface area (Å²) in [4.78, 5) is 4.20. The second-order valence-electron chi connectivity index (χ2n) is 5.07. The highest BCUT2D eigenvalue weighted by Gasteiger charge is 2.15. The largest absolute Gasteiger partial charge is 0.474 e. The third kappa shape index (κ3) is 4.72. The van der Waals surface area contributed by atoms with Gasteiger partial charge < -0.3 is 15.7 Å². The molecule has 1 heterocycles. The van der Waals surface area contributed by atoms with Crippen molar-refractivity contribution in [2.75, 3.05) is 0 Å². The van der Waals surface area contributed by atoms with Crippen molar-refractivity contribution in [3.63, 3.8) is 0 Å². The Bertz CT molecular complexity index is 447. The van der Waals surface area contributed by atoms with Crippen molar-refractivity contribution in [3.8, 4) is 5.88 Å². The van der Waals surface area contributed by atoms with E-state index in [1.165, 1.54) is 19.3 Å². The maximum Gasteiger partial charge on any atom is 0.225 e. The maximum absolute atomic E-state index is 8.85. The molecular formula is C15H25N3O2. The Labute approximate surface area is 120 Å². The van der Waals surface area contributed by atoms with E-state index in [1.807, 2.05) is 19.9 Å². The molecule has 0 radical (unpaired) electrons. The molecule has 0 aromatic carbocycles. The summed E-state index contributed by atoms with van der Waals surface area (Å²) < 4.78 is 5.85. The Kier molecular flexibility index (Phi) is 6.84. The number of hydrogen-bond donors (Lipinski definition) is 2. The summed E-state index contributed by atoms with van der Waals surface area (Å²) in [5.74, 6) is 0.465. The van der Waals surface area contributed by atoms with Gasteiger partial charge in [-0.2, -0.15) is 0 Å². The van der Waals surface area contributed by atoms with Gasteiger partial charge in [0.1, 0.15) is 0 Å².